The average Bonchev–Trinajstić information content (AvgIpc) is 3.53. The van der Waals surface area contributed by atoms with Gasteiger partial charge >= 0.3 is 0 Å². The number of aliphatic hydroxyl groups is 1. The zero-order chi connectivity index (χ0) is 25.2. The summed E-state index contributed by atoms with van der Waals surface area (Å²) < 4.78 is 13.6. The Hall–Kier alpha value is -3.21. The molecule has 4 heterocycles. The summed E-state index contributed by atoms with van der Waals surface area (Å²) in [7, 11) is 1.87. The zero-order valence-corrected chi connectivity index (χ0v) is 21.3. The molecule has 6 rings (SSSR count). The summed E-state index contributed by atoms with van der Waals surface area (Å²) in [6.45, 7) is 5.06. The highest BCUT2D eigenvalue weighted by atomic mass is 32.1. The Kier molecular flexibility index (Phi) is 5.43. The topological polar surface area (TPSA) is 97.1 Å². The number of fused-ring (bicyclic) bond motifs is 3. The molecule has 9 nitrogen and oxygen atoms in total. The van der Waals surface area contributed by atoms with E-state index < -0.39 is 12.0 Å². The lowest BCUT2D eigenvalue weighted by molar-refractivity contribution is -0.181. The summed E-state index contributed by atoms with van der Waals surface area (Å²) in [4.78, 5) is 31.9. The van der Waals surface area contributed by atoms with Crippen molar-refractivity contribution >= 4 is 23.2 Å². The van der Waals surface area contributed by atoms with Gasteiger partial charge in [0, 0.05) is 29.2 Å². The van der Waals surface area contributed by atoms with Crippen molar-refractivity contribution < 1.29 is 24.2 Å². The molecule has 1 aliphatic carbocycles. The van der Waals surface area contributed by atoms with Crippen molar-refractivity contribution in [3.63, 3.8) is 0 Å². The number of aliphatic hydroxyl groups excluding tert-OH is 1. The third-order valence-corrected chi connectivity index (χ3v) is 8.68. The Morgan fingerprint density at radius 1 is 1.31 bits per heavy atom. The molecule has 36 heavy (non-hydrogen) atoms. The SMILES string of the molecule is Cc1sc2c(c1C)OCCN(C(=O)CN1C(=O)C3(CCc4cc(-c5cnn(C)c5)ccc43)OC1O)C2. The van der Waals surface area contributed by atoms with Crippen LogP contribution in [0.15, 0.2) is 30.6 Å². The van der Waals surface area contributed by atoms with Gasteiger partial charge in [-0.3, -0.25) is 19.2 Å². The van der Waals surface area contributed by atoms with Crippen LogP contribution in [0.5, 0.6) is 5.75 Å². The predicted molar refractivity (Wildman–Crippen MR) is 132 cm³/mol. The number of aromatic nitrogens is 2. The maximum absolute atomic E-state index is 13.6. The molecule has 0 radical (unpaired) electrons. The molecule has 10 heteroatoms. The fourth-order valence-electron chi connectivity index (χ4n) is 5.45. The van der Waals surface area contributed by atoms with Gasteiger partial charge in [-0.25, -0.2) is 0 Å². The third-order valence-electron chi connectivity index (χ3n) is 7.50. The van der Waals surface area contributed by atoms with E-state index in [1.807, 2.05) is 39.2 Å². The average molecular weight is 509 g/mol. The van der Waals surface area contributed by atoms with Gasteiger partial charge in [0.25, 0.3) is 5.91 Å². The number of carbonyl (C=O) groups excluding carboxylic acids is 2. The molecule has 188 valence electrons. The predicted octanol–water partition coefficient (Wildman–Crippen LogP) is 2.46. The van der Waals surface area contributed by atoms with Gasteiger partial charge in [0.15, 0.2) is 5.60 Å². The molecule has 3 aromatic rings. The molecule has 0 saturated carbocycles. The molecule has 0 bridgehead atoms. The summed E-state index contributed by atoms with van der Waals surface area (Å²) >= 11 is 1.62. The molecule has 1 saturated heterocycles. The zero-order valence-electron chi connectivity index (χ0n) is 20.5. The molecule has 2 aromatic heterocycles. The quantitative estimate of drug-likeness (QED) is 0.584. The molecule has 2 amide bonds. The Balaban J connectivity index is 1.21. The molecular weight excluding hydrogens is 480 g/mol. The van der Waals surface area contributed by atoms with Gasteiger partial charge in [0.1, 0.15) is 18.9 Å². The number of thiophene rings is 1. The first-order valence-corrected chi connectivity index (χ1v) is 12.9. The number of rotatable bonds is 3. The van der Waals surface area contributed by atoms with E-state index in [9.17, 15) is 14.7 Å². The first kappa shape index (κ1) is 23.2. The first-order valence-electron chi connectivity index (χ1n) is 12.1. The summed E-state index contributed by atoms with van der Waals surface area (Å²) in [5.74, 6) is 0.250. The van der Waals surface area contributed by atoms with E-state index in [0.717, 1.165) is 43.3 Å². The number of ether oxygens (including phenoxy) is 2. The van der Waals surface area contributed by atoms with Gasteiger partial charge in [0.2, 0.25) is 12.3 Å². The maximum Gasteiger partial charge on any atom is 0.264 e. The Morgan fingerprint density at radius 3 is 2.92 bits per heavy atom. The van der Waals surface area contributed by atoms with Gasteiger partial charge in [0.05, 0.1) is 24.2 Å². The lowest BCUT2D eigenvalue weighted by atomic mass is 9.93. The van der Waals surface area contributed by atoms with Crippen LogP contribution in [-0.2, 0) is 39.9 Å². The molecule has 2 aliphatic heterocycles. The molecular formula is C26H28N4O5S. The van der Waals surface area contributed by atoms with E-state index in [2.05, 4.69) is 11.2 Å². The van der Waals surface area contributed by atoms with Crippen LogP contribution in [0, 0.1) is 13.8 Å². The number of amides is 2. The van der Waals surface area contributed by atoms with Crippen LogP contribution in [0.1, 0.15) is 32.9 Å². The smallest absolute Gasteiger partial charge is 0.264 e. The van der Waals surface area contributed by atoms with Crippen molar-refractivity contribution in [3.8, 4) is 16.9 Å². The number of carbonyl (C=O) groups is 2. The fourth-order valence-corrected chi connectivity index (χ4v) is 6.59. The van der Waals surface area contributed by atoms with Gasteiger partial charge in [-0.2, -0.15) is 5.10 Å². The monoisotopic (exact) mass is 508 g/mol. The number of benzene rings is 1. The van der Waals surface area contributed by atoms with E-state index >= 15 is 0 Å². The van der Waals surface area contributed by atoms with Crippen molar-refractivity contribution in [2.24, 2.45) is 7.05 Å². The van der Waals surface area contributed by atoms with E-state index in [4.69, 9.17) is 9.47 Å². The fraction of sp³-hybridized carbons (Fsp3) is 0.423. The van der Waals surface area contributed by atoms with E-state index in [-0.39, 0.29) is 18.4 Å². The van der Waals surface area contributed by atoms with Gasteiger partial charge < -0.3 is 19.5 Å². The highest BCUT2D eigenvalue weighted by Gasteiger charge is 2.57. The number of nitrogens with zero attached hydrogens (tertiary/aromatic N) is 4. The minimum absolute atomic E-state index is 0.242. The van der Waals surface area contributed by atoms with Crippen LogP contribution in [-0.4, -0.2) is 62.6 Å². The second kappa shape index (κ2) is 8.43. The highest BCUT2D eigenvalue weighted by Crippen LogP contribution is 2.47. The highest BCUT2D eigenvalue weighted by molar-refractivity contribution is 7.12. The molecule has 1 N–H and O–H groups in total. The van der Waals surface area contributed by atoms with Crippen LogP contribution >= 0.6 is 11.3 Å². The van der Waals surface area contributed by atoms with Crippen molar-refractivity contribution in [1.29, 1.82) is 0 Å². The molecule has 3 aliphatic rings. The summed E-state index contributed by atoms with van der Waals surface area (Å²) in [6.07, 6.45) is 3.34. The van der Waals surface area contributed by atoms with Crippen molar-refractivity contribution in [2.45, 2.75) is 45.2 Å². The minimum Gasteiger partial charge on any atom is -0.490 e. The second-order valence-corrected chi connectivity index (χ2v) is 11.0. The first-order chi connectivity index (χ1) is 17.3. The van der Waals surface area contributed by atoms with Crippen LogP contribution < -0.4 is 4.74 Å². The van der Waals surface area contributed by atoms with Gasteiger partial charge in [-0.1, -0.05) is 18.2 Å². The number of aryl methyl sites for hydroxylation is 3. The molecule has 2 unspecified atom stereocenters. The standard InChI is InChI=1S/C26H28N4O5S/c1-15-16(2)36-21-13-29(8-9-34-23(15)21)22(31)14-30-24(32)26(35-25(30)33)7-6-18-10-17(4-5-20(18)26)19-11-27-28(3)12-19/h4-5,10-12,25,33H,6-9,13-14H2,1-3H3. The Labute approximate surface area is 212 Å². The lowest BCUT2D eigenvalue weighted by Crippen LogP contribution is -2.46. The summed E-state index contributed by atoms with van der Waals surface area (Å²) in [6, 6.07) is 5.90. The van der Waals surface area contributed by atoms with Crippen molar-refractivity contribution in [3.05, 3.63) is 57.0 Å². The Bertz CT molecular complexity index is 1380. The molecule has 2 atom stereocenters. The normalized spacial score (nSPS) is 23.1. The number of hydrogen-bond donors (Lipinski definition) is 1. The maximum atomic E-state index is 13.6. The van der Waals surface area contributed by atoms with Crippen LogP contribution in [0.2, 0.25) is 0 Å². The van der Waals surface area contributed by atoms with Crippen molar-refractivity contribution in [2.75, 3.05) is 19.7 Å². The molecule has 1 spiro atoms. The van der Waals surface area contributed by atoms with Gasteiger partial charge in [-0.15, -0.1) is 11.3 Å². The molecule has 1 aromatic carbocycles. The summed E-state index contributed by atoms with van der Waals surface area (Å²) in [5.41, 5.74) is 3.61. The largest absolute Gasteiger partial charge is 0.490 e. The third kappa shape index (κ3) is 3.55. The van der Waals surface area contributed by atoms with E-state index in [1.165, 1.54) is 4.88 Å². The summed E-state index contributed by atoms with van der Waals surface area (Å²) in [5, 5.41) is 15.0. The van der Waals surface area contributed by atoms with E-state index in [0.29, 0.717) is 32.5 Å². The van der Waals surface area contributed by atoms with Crippen LogP contribution in [0.25, 0.3) is 11.1 Å². The minimum atomic E-state index is -1.48. The van der Waals surface area contributed by atoms with Crippen molar-refractivity contribution in [1.82, 2.24) is 19.6 Å². The second-order valence-electron chi connectivity index (χ2n) is 9.68. The van der Waals surface area contributed by atoms with Crippen LogP contribution in [0.4, 0.5) is 0 Å². The van der Waals surface area contributed by atoms with E-state index in [1.54, 1.807) is 27.1 Å². The van der Waals surface area contributed by atoms with Crippen LogP contribution in [0.3, 0.4) is 0 Å². The number of hydrogen-bond acceptors (Lipinski definition) is 7. The Morgan fingerprint density at radius 2 is 2.14 bits per heavy atom. The lowest BCUT2D eigenvalue weighted by Gasteiger charge is -2.24. The molecule has 1 fully saturated rings. The van der Waals surface area contributed by atoms with Gasteiger partial charge in [-0.05, 0) is 43.4 Å².